The molecule has 0 fully saturated rings. The summed E-state index contributed by atoms with van der Waals surface area (Å²) < 4.78 is 10.4. The van der Waals surface area contributed by atoms with Gasteiger partial charge in [-0.25, -0.2) is 9.97 Å². The molecule has 6 nitrogen and oxygen atoms in total. The van der Waals surface area contributed by atoms with Gasteiger partial charge in [0.25, 0.3) is 0 Å². The lowest BCUT2D eigenvalue weighted by Gasteiger charge is -2.14. The smallest absolute Gasteiger partial charge is 0.199 e. The maximum absolute atomic E-state index is 9.16. The van der Waals surface area contributed by atoms with Crippen molar-refractivity contribution in [3.63, 3.8) is 0 Å². The van der Waals surface area contributed by atoms with Crippen LogP contribution in [-0.2, 0) is 0 Å². The van der Waals surface area contributed by atoms with Gasteiger partial charge in [0.2, 0.25) is 0 Å². The number of nitriles is 1. The third-order valence-electron chi connectivity index (χ3n) is 2.57. The van der Waals surface area contributed by atoms with Crippen LogP contribution in [0.1, 0.15) is 5.56 Å². The number of benzene rings is 1. The first-order valence-corrected chi connectivity index (χ1v) is 5.97. The molecule has 0 aliphatic heterocycles. The molecule has 7 heteroatoms. The van der Waals surface area contributed by atoms with Crippen LogP contribution in [0, 0.1) is 11.3 Å². The number of nitrogens with zero attached hydrogens (tertiary/aromatic N) is 3. The second-order valence-electron chi connectivity index (χ2n) is 3.67. The standard InChI is InChI=1S/C13H11ClN4O2/c1-19-9-5-3-4-8(6-15)10(9)18-13-11(20-2)12(14)16-7-17-13/h3-5,7H,1-2H3,(H,16,17,18). The number of methoxy groups -OCH3 is 2. The number of hydrogen-bond acceptors (Lipinski definition) is 6. The Morgan fingerprint density at radius 1 is 1.25 bits per heavy atom. The van der Waals surface area contributed by atoms with Crippen LogP contribution in [0.2, 0.25) is 5.15 Å². The second-order valence-corrected chi connectivity index (χ2v) is 4.02. The largest absolute Gasteiger partial charge is 0.495 e. The number of halogens is 1. The summed E-state index contributed by atoms with van der Waals surface area (Å²) in [6, 6.07) is 7.21. The summed E-state index contributed by atoms with van der Waals surface area (Å²) in [4.78, 5) is 7.89. The van der Waals surface area contributed by atoms with Crippen LogP contribution < -0.4 is 14.8 Å². The number of ether oxygens (including phenoxy) is 2. The summed E-state index contributed by atoms with van der Waals surface area (Å²) in [7, 11) is 2.98. The zero-order valence-electron chi connectivity index (χ0n) is 10.8. The van der Waals surface area contributed by atoms with E-state index >= 15 is 0 Å². The lowest BCUT2D eigenvalue weighted by Crippen LogP contribution is -2.02. The summed E-state index contributed by atoms with van der Waals surface area (Å²) in [5.74, 6) is 1.17. The van der Waals surface area contributed by atoms with Crippen LogP contribution in [0.4, 0.5) is 11.5 Å². The number of para-hydroxylation sites is 1. The highest BCUT2D eigenvalue weighted by Gasteiger charge is 2.15. The number of hydrogen-bond donors (Lipinski definition) is 1. The molecule has 1 heterocycles. The van der Waals surface area contributed by atoms with Crippen LogP contribution in [0.15, 0.2) is 24.5 Å². The van der Waals surface area contributed by atoms with Crippen molar-refractivity contribution in [2.75, 3.05) is 19.5 Å². The van der Waals surface area contributed by atoms with Gasteiger partial charge >= 0.3 is 0 Å². The van der Waals surface area contributed by atoms with Crippen molar-refractivity contribution in [1.82, 2.24) is 9.97 Å². The van der Waals surface area contributed by atoms with Gasteiger partial charge in [0.15, 0.2) is 16.7 Å². The Kier molecular flexibility index (Phi) is 4.23. The van der Waals surface area contributed by atoms with Crippen LogP contribution in [-0.4, -0.2) is 24.2 Å². The third kappa shape index (κ3) is 2.58. The average Bonchev–Trinajstić information content (AvgIpc) is 2.47. The highest BCUT2D eigenvalue weighted by atomic mass is 35.5. The molecule has 0 saturated heterocycles. The molecule has 2 rings (SSSR count). The molecular weight excluding hydrogens is 280 g/mol. The van der Waals surface area contributed by atoms with Crippen molar-refractivity contribution in [2.24, 2.45) is 0 Å². The summed E-state index contributed by atoms with van der Waals surface area (Å²) in [5.41, 5.74) is 0.909. The van der Waals surface area contributed by atoms with Crippen molar-refractivity contribution >= 4 is 23.1 Å². The second kappa shape index (κ2) is 6.08. The fourth-order valence-electron chi connectivity index (χ4n) is 1.66. The minimum atomic E-state index is 0.179. The molecule has 0 unspecified atom stereocenters. The van der Waals surface area contributed by atoms with E-state index in [2.05, 4.69) is 21.4 Å². The molecule has 1 aromatic heterocycles. The van der Waals surface area contributed by atoms with Gasteiger partial charge in [0.1, 0.15) is 23.8 Å². The summed E-state index contributed by atoms with van der Waals surface area (Å²) >= 11 is 5.93. The molecule has 0 amide bonds. The first-order chi connectivity index (χ1) is 9.71. The predicted octanol–water partition coefficient (Wildman–Crippen LogP) is 2.76. The van der Waals surface area contributed by atoms with Gasteiger partial charge < -0.3 is 14.8 Å². The molecule has 0 aliphatic carbocycles. The van der Waals surface area contributed by atoms with Gasteiger partial charge in [-0.1, -0.05) is 17.7 Å². The van der Waals surface area contributed by atoms with E-state index in [-0.39, 0.29) is 5.15 Å². The molecule has 20 heavy (non-hydrogen) atoms. The fourth-order valence-corrected chi connectivity index (χ4v) is 1.87. The molecule has 0 radical (unpaired) electrons. The molecule has 1 N–H and O–H groups in total. The fraction of sp³-hybridized carbons (Fsp3) is 0.154. The zero-order chi connectivity index (χ0) is 14.5. The Balaban J connectivity index is 2.50. The zero-order valence-corrected chi connectivity index (χ0v) is 11.6. The van der Waals surface area contributed by atoms with E-state index in [4.69, 9.17) is 26.3 Å². The summed E-state index contributed by atoms with van der Waals surface area (Å²) in [6.45, 7) is 0. The van der Waals surface area contributed by atoms with Crippen LogP contribution >= 0.6 is 11.6 Å². The first-order valence-electron chi connectivity index (χ1n) is 5.59. The first kappa shape index (κ1) is 13.9. The van der Waals surface area contributed by atoms with Crippen LogP contribution in [0.5, 0.6) is 11.5 Å². The van der Waals surface area contributed by atoms with E-state index in [1.807, 2.05) is 0 Å². The molecule has 2 aromatic rings. The molecule has 102 valence electrons. The van der Waals surface area contributed by atoms with Crippen LogP contribution in [0.25, 0.3) is 0 Å². The van der Waals surface area contributed by atoms with E-state index in [0.29, 0.717) is 28.6 Å². The van der Waals surface area contributed by atoms with E-state index in [0.717, 1.165) is 0 Å². The van der Waals surface area contributed by atoms with Gasteiger partial charge in [-0.05, 0) is 12.1 Å². The molecule has 1 aromatic carbocycles. The Hall–Kier alpha value is -2.52. The van der Waals surface area contributed by atoms with Crippen LogP contribution in [0.3, 0.4) is 0 Å². The van der Waals surface area contributed by atoms with Gasteiger partial charge in [0, 0.05) is 0 Å². The Morgan fingerprint density at radius 3 is 2.70 bits per heavy atom. The maximum Gasteiger partial charge on any atom is 0.199 e. The van der Waals surface area contributed by atoms with E-state index in [1.54, 1.807) is 18.2 Å². The van der Waals surface area contributed by atoms with Crippen molar-refractivity contribution in [3.8, 4) is 17.6 Å². The maximum atomic E-state index is 9.16. The number of nitrogens with one attached hydrogen (secondary N) is 1. The van der Waals surface area contributed by atoms with Crippen molar-refractivity contribution in [1.29, 1.82) is 5.26 Å². The van der Waals surface area contributed by atoms with Gasteiger partial charge in [0.05, 0.1) is 19.8 Å². The van der Waals surface area contributed by atoms with E-state index in [9.17, 15) is 0 Å². The Morgan fingerprint density at radius 2 is 2.05 bits per heavy atom. The van der Waals surface area contributed by atoms with Gasteiger partial charge in [-0.2, -0.15) is 5.26 Å². The molecule has 0 spiro atoms. The molecule has 0 saturated carbocycles. The molecule has 0 bridgehead atoms. The van der Waals surface area contributed by atoms with Crippen molar-refractivity contribution < 1.29 is 9.47 Å². The van der Waals surface area contributed by atoms with E-state index < -0.39 is 0 Å². The van der Waals surface area contributed by atoms with Crippen molar-refractivity contribution in [2.45, 2.75) is 0 Å². The highest BCUT2D eigenvalue weighted by Crippen LogP contribution is 2.35. The summed E-state index contributed by atoms with van der Waals surface area (Å²) in [6.07, 6.45) is 1.30. The molecular formula is C13H11ClN4O2. The minimum Gasteiger partial charge on any atom is -0.495 e. The quantitative estimate of drug-likeness (QED) is 0.872. The Labute approximate surface area is 120 Å². The lowest BCUT2D eigenvalue weighted by atomic mass is 10.2. The van der Waals surface area contributed by atoms with Gasteiger partial charge in [-0.3, -0.25) is 0 Å². The minimum absolute atomic E-state index is 0.179. The summed E-state index contributed by atoms with van der Waals surface area (Å²) in [5, 5.41) is 12.3. The number of rotatable bonds is 4. The van der Waals surface area contributed by atoms with E-state index in [1.165, 1.54) is 20.5 Å². The van der Waals surface area contributed by atoms with Gasteiger partial charge in [-0.15, -0.1) is 0 Å². The highest BCUT2D eigenvalue weighted by molar-refractivity contribution is 6.31. The third-order valence-corrected chi connectivity index (χ3v) is 2.84. The molecule has 0 aliphatic rings. The monoisotopic (exact) mass is 290 g/mol. The molecule has 0 atom stereocenters. The lowest BCUT2D eigenvalue weighted by molar-refractivity contribution is 0.412. The normalized spacial score (nSPS) is 9.70. The topological polar surface area (TPSA) is 80.1 Å². The Bertz CT molecular complexity index is 670. The SMILES string of the molecule is COc1cccc(C#N)c1Nc1ncnc(Cl)c1OC. The average molecular weight is 291 g/mol. The number of aromatic nitrogens is 2. The van der Waals surface area contributed by atoms with Crippen molar-refractivity contribution in [3.05, 3.63) is 35.2 Å². The number of anilines is 2. The predicted molar refractivity (Wildman–Crippen MR) is 74.6 cm³/mol.